The lowest BCUT2D eigenvalue weighted by Gasteiger charge is -2.27. The summed E-state index contributed by atoms with van der Waals surface area (Å²) in [5.74, 6) is -1.35. The smallest absolute Gasteiger partial charge is 0.416 e. The molecule has 38 heavy (non-hydrogen) atoms. The molecule has 0 saturated carbocycles. The lowest BCUT2D eigenvalue weighted by molar-refractivity contribution is 0.0527. The van der Waals surface area contributed by atoms with Crippen LogP contribution in [0, 0.1) is 0 Å². The molecule has 0 aliphatic carbocycles. The van der Waals surface area contributed by atoms with Gasteiger partial charge in [-0.25, -0.2) is 23.9 Å². The number of ether oxygens (including phenoxy) is 2. The largest absolute Gasteiger partial charge is 0.507 e. The van der Waals surface area contributed by atoms with Crippen LogP contribution in [0.25, 0.3) is 16.8 Å². The van der Waals surface area contributed by atoms with Crippen molar-refractivity contribution in [3.05, 3.63) is 42.2 Å². The lowest BCUT2D eigenvalue weighted by atomic mass is 10.1. The predicted molar refractivity (Wildman–Crippen MR) is 139 cm³/mol. The second-order valence-electron chi connectivity index (χ2n) is 10.6. The molecular formula is C26H33N5O7. The van der Waals surface area contributed by atoms with Crippen LogP contribution >= 0.6 is 0 Å². The van der Waals surface area contributed by atoms with Crippen molar-refractivity contribution in [3.8, 4) is 16.9 Å². The van der Waals surface area contributed by atoms with Gasteiger partial charge in [-0.05, 0) is 71.7 Å². The van der Waals surface area contributed by atoms with Crippen molar-refractivity contribution >= 4 is 29.6 Å². The first-order valence-corrected chi connectivity index (χ1v) is 12.0. The molecule has 0 aliphatic heterocycles. The minimum Gasteiger partial charge on any atom is -0.507 e. The number of alkyl carbamates (subject to hydrolysis) is 1. The number of aromatic nitrogens is 3. The summed E-state index contributed by atoms with van der Waals surface area (Å²) in [6.07, 6.45) is 2.38. The zero-order valence-electron chi connectivity index (χ0n) is 22.3. The Morgan fingerprint density at radius 1 is 1.05 bits per heavy atom. The number of amides is 2. The van der Waals surface area contributed by atoms with Gasteiger partial charge >= 0.3 is 18.2 Å². The number of rotatable bonds is 7. The van der Waals surface area contributed by atoms with Crippen LogP contribution in [0.2, 0.25) is 0 Å². The molecule has 0 fully saturated rings. The third-order valence-corrected chi connectivity index (χ3v) is 5.01. The van der Waals surface area contributed by atoms with E-state index in [4.69, 9.17) is 9.47 Å². The number of carbonyl (C=O) groups excluding carboxylic acids is 2. The van der Waals surface area contributed by atoms with Crippen LogP contribution in [0.1, 0.15) is 58.3 Å². The molecule has 2 heterocycles. The number of aromatic hydroxyl groups is 1. The zero-order chi connectivity index (χ0) is 28.3. The Morgan fingerprint density at radius 2 is 1.74 bits per heavy atom. The summed E-state index contributed by atoms with van der Waals surface area (Å²) in [4.78, 5) is 42.3. The second kappa shape index (κ2) is 11.0. The molecule has 0 saturated heterocycles. The summed E-state index contributed by atoms with van der Waals surface area (Å²) < 4.78 is 12.3. The molecule has 0 radical (unpaired) electrons. The molecule has 2 aromatic heterocycles. The Labute approximate surface area is 220 Å². The third-order valence-electron chi connectivity index (χ3n) is 5.01. The quantitative estimate of drug-likeness (QED) is 0.378. The van der Waals surface area contributed by atoms with Crippen LogP contribution in [0.15, 0.2) is 36.7 Å². The van der Waals surface area contributed by atoms with Gasteiger partial charge in [0.1, 0.15) is 28.3 Å². The first-order valence-electron chi connectivity index (χ1n) is 12.0. The SMILES string of the molecule is CC(C)(C)OC(=O)NCCCN(C(=O)OC(C)(C)C)c1ccn2ncc(-c3ccc(C(=O)O)c(O)c3)c2n1. The Hall–Kier alpha value is -4.35. The van der Waals surface area contributed by atoms with Gasteiger partial charge in [-0.1, -0.05) is 6.07 Å². The van der Waals surface area contributed by atoms with E-state index in [0.717, 1.165) is 0 Å². The average Bonchev–Trinajstić information content (AvgIpc) is 3.19. The number of nitrogens with one attached hydrogen (secondary N) is 1. The number of carboxylic acids is 1. The van der Waals surface area contributed by atoms with Crippen LogP contribution in [0.5, 0.6) is 5.75 Å². The zero-order valence-corrected chi connectivity index (χ0v) is 22.3. The van der Waals surface area contributed by atoms with Crippen molar-refractivity contribution in [2.75, 3.05) is 18.0 Å². The number of nitrogens with zero attached hydrogens (tertiary/aromatic N) is 4. The van der Waals surface area contributed by atoms with Gasteiger partial charge in [0.05, 0.1) is 6.20 Å². The number of hydrogen-bond acceptors (Lipinski definition) is 8. The fourth-order valence-corrected chi connectivity index (χ4v) is 3.45. The van der Waals surface area contributed by atoms with E-state index in [2.05, 4.69) is 15.4 Å². The molecule has 0 spiro atoms. The van der Waals surface area contributed by atoms with Crippen LogP contribution in [-0.4, -0.2) is 67.3 Å². The standard InChI is InChI=1S/C26H33N5O7/c1-25(2,3)37-23(35)27-11-7-12-30(24(36)38-26(4,5)6)20-10-13-31-21(29-20)18(15-28-31)16-8-9-17(22(33)34)19(32)14-16/h8-10,13-15,32H,7,11-12H2,1-6H3,(H,27,35)(H,33,34). The average molecular weight is 528 g/mol. The minimum absolute atomic E-state index is 0.186. The highest BCUT2D eigenvalue weighted by Gasteiger charge is 2.25. The molecular weight excluding hydrogens is 494 g/mol. The monoisotopic (exact) mass is 527 g/mol. The van der Waals surface area contributed by atoms with Crippen molar-refractivity contribution in [2.45, 2.75) is 59.2 Å². The number of aromatic carboxylic acids is 1. The predicted octanol–water partition coefficient (Wildman–Crippen LogP) is 4.46. The first kappa shape index (κ1) is 28.2. The second-order valence-corrected chi connectivity index (χ2v) is 10.6. The fourth-order valence-electron chi connectivity index (χ4n) is 3.45. The van der Waals surface area contributed by atoms with Gasteiger partial charge in [-0.2, -0.15) is 5.10 Å². The van der Waals surface area contributed by atoms with E-state index in [1.54, 1.807) is 59.9 Å². The minimum atomic E-state index is -1.25. The van der Waals surface area contributed by atoms with E-state index in [0.29, 0.717) is 23.2 Å². The van der Waals surface area contributed by atoms with Crippen molar-refractivity contribution in [3.63, 3.8) is 0 Å². The molecule has 3 aromatic rings. The Morgan fingerprint density at radius 3 is 2.34 bits per heavy atom. The van der Waals surface area contributed by atoms with Gasteiger partial charge < -0.3 is 25.0 Å². The van der Waals surface area contributed by atoms with E-state index in [-0.39, 0.29) is 24.5 Å². The van der Waals surface area contributed by atoms with Crippen molar-refractivity contribution < 1.29 is 34.1 Å². The van der Waals surface area contributed by atoms with E-state index >= 15 is 0 Å². The van der Waals surface area contributed by atoms with Gasteiger partial charge in [0.15, 0.2) is 5.65 Å². The summed E-state index contributed by atoms with van der Waals surface area (Å²) in [5.41, 5.74) is -0.202. The van der Waals surface area contributed by atoms with Crippen molar-refractivity contribution in [2.24, 2.45) is 0 Å². The molecule has 0 unspecified atom stereocenters. The number of phenols is 1. The number of carbonyl (C=O) groups is 3. The molecule has 0 atom stereocenters. The molecule has 3 N–H and O–H groups in total. The maximum atomic E-state index is 13.1. The molecule has 1 aromatic carbocycles. The Kier molecular flexibility index (Phi) is 8.13. The van der Waals surface area contributed by atoms with Crippen LogP contribution < -0.4 is 10.2 Å². The summed E-state index contributed by atoms with van der Waals surface area (Å²) in [7, 11) is 0. The number of fused-ring (bicyclic) bond motifs is 1. The highest BCUT2D eigenvalue weighted by atomic mass is 16.6. The molecule has 12 heteroatoms. The van der Waals surface area contributed by atoms with Crippen LogP contribution in [0.4, 0.5) is 15.4 Å². The van der Waals surface area contributed by atoms with Crippen molar-refractivity contribution in [1.82, 2.24) is 19.9 Å². The number of anilines is 1. The lowest BCUT2D eigenvalue weighted by Crippen LogP contribution is -2.39. The van der Waals surface area contributed by atoms with Crippen molar-refractivity contribution in [1.29, 1.82) is 0 Å². The van der Waals surface area contributed by atoms with E-state index < -0.39 is 35.1 Å². The maximum Gasteiger partial charge on any atom is 0.416 e. The van der Waals surface area contributed by atoms with Gasteiger partial charge in [0.25, 0.3) is 0 Å². The molecule has 2 amide bonds. The number of hydrogen-bond donors (Lipinski definition) is 3. The van der Waals surface area contributed by atoms with Crippen LogP contribution in [-0.2, 0) is 9.47 Å². The maximum absolute atomic E-state index is 13.1. The molecule has 204 valence electrons. The summed E-state index contributed by atoms with van der Waals surface area (Å²) in [6.45, 7) is 11.0. The topological polar surface area (TPSA) is 156 Å². The highest BCUT2D eigenvalue weighted by Crippen LogP contribution is 2.30. The van der Waals surface area contributed by atoms with E-state index in [1.165, 1.54) is 27.7 Å². The summed E-state index contributed by atoms with van der Waals surface area (Å²) in [6, 6.07) is 5.77. The highest BCUT2D eigenvalue weighted by molar-refractivity contribution is 5.92. The number of benzene rings is 1. The molecule has 12 nitrogen and oxygen atoms in total. The summed E-state index contributed by atoms with van der Waals surface area (Å²) >= 11 is 0. The Bertz CT molecular complexity index is 1340. The van der Waals surface area contributed by atoms with E-state index in [9.17, 15) is 24.6 Å². The van der Waals surface area contributed by atoms with Gasteiger partial charge in [-0.15, -0.1) is 0 Å². The van der Waals surface area contributed by atoms with Gasteiger partial charge in [0, 0.05) is 24.8 Å². The number of carboxylic acid groups (broad SMARTS) is 1. The fraction of sp³-hybridized carbons (Fsp3) is 0.423. The normalized spacial score (nSPS) is 11.7. The summed E-state index contributed by atoms with van der Waals surface area (Å²) in [5, 5.41) is 26.3. The first-order chi connectivity index (χ1) is 17.6. The molecule has 3 rings (SSSR count). The Balaban J connectivity index is 1.88. The van der Waals surface area contributed by atoms with Gasteiger partial charge in [0.2, 0.25) is 0 Å². The molecule has 0 aliphatic rings. The third kappa shape index (κ3) is 7.34. The molecule has 0 bridgehead atoms. The van der Waals surface area contributed by atoms with E-state index in [1.807, 2.05) is 0 Å². The van der Waals surface area contributed by atoms with Crippen LogP contribution in [0.3, 0.4) is 0 Å². The van der Waals surface area contributed by atoms with Gasteiger partial charge in [-0.3, -0.25) is 4.90 Å².